The Balaban J connectivity index is 2.16. The molecule has 2 aromatic rings. The summed E-state index contributed by atoms with van der Waals surface area (Å²) in [5.41, 5.74) is 4.48. The lowest BCUT2D eigenvalue weighted by molar-refractivity contribution is 0.280. The van der Waals surface area contributed by atoms with Crippen molar-refractivity contribution in [3.63, 3.8) is 0 Å². The first-order chi connectivity index (χ1) is 8.61. The Bertz CT molecular complexity index is 541. The minimum absolute atomic E-state index is 0.0240. The van der Waals surface area contributed by atoms with Crippen LogP contribution >= 0.6 is 11.3 Å². The number of thiazole rings is 1. The molecular weight excluding hydrogens is 248 g/mol. The molecule has 0 unspecified atom stereocenters. The van der Waals surface area contributed by atoms with Crippen LogP contribution in [0, 0.1) is 13.8 Å². The molecule has 0 aromatic carbocycles. The molecule has 0 saturated heterocycles. The second kappa shape index (κ2) is 5.41. The lowest BCUT2D eigenvalue weighted by atomic mass is 10.2. The summed E-state index contributed by atoms with van der Waals surface area (Å²) in [5.74, 6) is 0.664. The van der Waals surface area contributed by atoms with Gasteiger partial charge in [0.1, 0.15) is 0 Å². The lowest BCUT2D eigenvalue weighted by Crippen LogP contribution is -2.19. The maximum atomic E-state index is 9.09. The Kier molecular flexibility index (Phi) is 3.88. The molecule has 0 atom stereocenters. The molecule has 0 fully saturated rings. The molecule has 18 heavy (non-hydrogen) atoms. The van der Waals surface area contributed by atoms with E-state index in [0.29, 0.717) is 5.95 Å². The first-order valence-corrected chi connectivity index (χ1v) is 6.53. The molecular formula is C12H16N4OS. The standard InChI is InChI=1S/C12H16N4OS/c1-8-10(6-17)4-13-12(15-8)16(3)5-11-9(2)14-7-18-11/h4,7,17H,5-6H2,1-3H3. The molecule has 0 bridgehead atoms. The van der Waals surface area contributed by atoms with Crippen LogP contribution in [-0.4, -0.2) is 27.1 Å². The van der Waals surface area contributed by atoms with E-state index in [1.165, 1.54) is 4.88 Å². The summed E-state index contributed by atoms with van der Waals surface area (Å²) >= 11 is 1.64. The largest absolute Gasteiger partial charge is 0.392 e. The molecule has 0 radical (unpaired) electrons. The number of aryl methyl sites for hydroxylation is 2. The van der Waals surface area contributed by atoms with Crippen molar-refractivity contribution in [2.75, 3.05) is 11.9 Å². The van der Waals surface area contributed by atoms with E-state index in [0.717, 1.165) is 23.5 Å². The van der Waals surface area contributed by atoms with Crippen LogP contribution in [0.5, 0.6) is 0 Å². The predicted molar refractivity (Wildman–Crippen MR) is 71.6 cm³/mol. The summed E-state index contributed by atoms with van der Waals surface area (Å²) < 4.78 is 0. The van der Waals surface area contributed by atoms with Gasteiger partial charge < -0.3 is 10.0 Å². The van der Waals surface area contributed by atoms with Gasteiger partial charge in [0.05, 0.1) is 24.4 Å². The average molecular weight is 264 g/mol. The van der Waals surface area contributed by atoms with E-state index in [1.807, 2.05) is 31.3 Å². The molecule has 6 heteroatoms. The van der Waals surface area contributed by atoms with Crippen molar-refractivity contribution in [2.24, 2.45) is 0 Å². The Hall–Kier alpha value is -1.53. The SMILES string of the molecule is Cc1nc(N(C)Cc2scnc2C)ncc1CO. The normalized spacial score (nSPS) is 10.7. The van der Waals surface area contributed by atoms with Gasteiger partial charge in [-0.1, -0.05) is 0 Å². The quantitative estimate of drug-likeness (QED) is 0.910. The minimum atomic E-state index is -0.0240. The number of aliphatic hydroxyl groups excluding tert-OH is 1. The highest BCUT2D eigenvalue weighted by atomic mass is 32.1. The van der Waals surface area contributed by atoms with Gasteiger partial charge in [-0.25, -0.2) is 15.0 Å². The summed E-state index contributed by atoms with van der Waals surface area (Å²) in [6, 6.07) is 0. The second-order valence-electron chi connectivity index (χ2n) is 4.16. The van der Waals surface area contributed by atoms with Crippen LogP contribution < -0.4 is 4.90 Å². The third-order valence-corrected chi connectivity index (χ3v) is 3.73. The number of aliphatic hydroxyl groups is 1. The van der Waals surface area contributed by atoms with Crippen LogP contribution in [0.4, 0.5) is 5.95 Å². The van der Waals surface area contributed by atoms with Crippen molar-refractivity contribution in [3.8, 4) is 0 Å². The van der Waals surface area contributed by atoms with E-state index in [1.54, 1.807) is 17.5 Å². The zero-order chi connectivity index (χ0) is 13.1. The number of rotatable bonds is 4. The van der Waals surface area contributed by atoms with Gasteiger partial charge in [0.25, 0.3) is 0 Å². The third kappa shape index (κ3) is 2.65. The van der Waals surface area contributed by atoms with Gasteiger partial charge in [-0.3, -0.25) is 0 Å². The molecule has 96 valence electrons. The van der Waals surface area contributed by atoms with Gasteiger partial charge in [-0.05, 0) is 13.8 Å². The summed E-state index contributed by atoms with van der Waals surface area (Å²) in [5, 5.41) is 9.09. The van der Waals surface area contributed by atoms with Crippen molar-refractivity contribution in [3.05, 3.63) is 33.5 Å². The summed E-state index contributed by atoms with van der Waals surface area (Å²) in [6.07, 6.45) is 1.67. The highest BCUT2D eigenvalue weighted by Gasteiger charge is 2.10. The molecule has 1 N–H and O–H groups in total. The molecule has 2 aromatic heterocycles. The smallest absolute Gasteiger partial charge is 0.225 e. The summed E-state index contributed by atoms with van der Waals surface area (Å²) in [4.78, 5) is 16.1. The van der Waals surface area contributed by atoms with E-state index in [4.69, 9.17) is 5.11 Å². The number of aromatic nitrogens is 3. The second-order valence-corrected chi connectivity index (χ2v) is 5.10. The van der Waals surface area contributed by atoms with Crippen LogP contribution in [0.3, 0.4) is 0 Å². The van der Waals surface area contributed by atoms with Gasteiger partial charge >= 0.3 is 0 Å². The number of anilines is 1. The Morgan fingerprint density at radius 3 is 2.61 bits per heavy atom. The van der Waals surface area contributed by atoms with Crippen molar-refractivity contribution in [1.82, 2.24) is 15.0 Å². The molecule has 0 saturated carbocycles. The van der Waals surface area contributed by atoms with Crippen molar-refractivity contribution >= 4 is 17.3 Å². The van der Waals surface area contributed by atoms with Crippen LogP contribution in [0.15, 0.2) is 11.7 Å². The van der Waals surface area contributed by atoms with E-state index >= 15 is 0 Å². The molecule has 0 aliphatic carbocycles. The van der Waals surface area contributed by atoms with Gasteiger partial charge in [-0.15, -0.1) is 11.3 Å². The highest BCUT2D eigenvalue weighted by molar-refractivity contribution is 7.09. The summed E-state index contributed by atoms with van der Waals surface area (Å²) in [6.45, 7) is 4.60. The van der Waals surface area contributed by atoms with Crippen LogP contribution in [0.1, 0.15) is 21.8 Å². The Labute approximate surface area is 110 Å². The van der Waals surface area contributed by atoms with E-state index < -0.39 is 0 Å². The molecule has 2 heterocycles. The van der Waals surface area contributed by atoms with Crippen molar-refractivity contribution in [1.29, 1.82) is 0 Å². The van der Waals surface area contributed by atoms with E-state index in [-0.39, 0.29) is 6.61 Å². The number of nitrogens with zero attached hydrogens (tertiary/aromatic N) is 4. The molecule has 0 aliphatic heterocycles. The van der Waals surface area contributed by atoms with Gasteiger partial charge in [-0.2, -0.15) is 0 Å². The zero-order valence-electron chi connectivity index (χ0n) is 10.7. The first-order valence-electron chi connectivity index (χ1n) is 5.65. The molecule has 2 rings (SSSR count). The fourth-order valence-corrected chi connectivity index (χ4v) is 2.41. The van der Waals surface area contributed by atoms with Crippen LogP contribution in [0.2, 0.25) is 0 Å². The van der Waals surface area contributed by atoms with Gasteiger partial charge in [0, 0.05) is 29.4 Å². The maximum Gasteiger partial charge on any atom is 0.225 e. The van der Waals surface area contributed by atoms with Gasteiger partial charge in [0.2, 0.25) is 5.95 Å². The fraction of sp³-hybridized carbons (Fsp3) is 0.417. The van der Waals surface area contributed by atoms with Crippen molar-refractivity contribution in [2.45, 2.75) is 27.0 Å². The lowest BCUT2D eigenvalue weighted by Gasteiger charge is -2.17. The minimum Gasteiger partial charge on any atom is -0.392 e. The topological polar surface area (TPSA) is 62.1 Å². The van der Waals surface area contributed by atoms with E-state index in [9.17, 15) is 0 Å². The number of hydrogen-bond donors (Lipinski definition) is 1. The predicted octanol–water partition coefficient (Wildman–Crippen LogP) is 1.68. The number of hydrogen-bond acceptors (Lipinski definition) is 6. The molecule has 0 amide bonds. The van der Waals surface area contributed by atoms with E-state index in [2.05, 4.69) is 15.0 Å². The van der Waals surface area contributed by atoms with Gasteiger partial charge in [0.15, 0.2) is 0 Å². The maximum absolute atomic E-state index is 9.09. The molecule has 0 aliphatic rings. The van der Waals surface area contributed by atoms with Crippen molar-refractivity contribution < 1.29 is 5.11 Å². The third-order valence-electron chi connectivity index (χ3n) is 2.81. The average Bonchev–Trinajstić information content (AvgIpc) is 2.75. The summed E-state index contributed by atoms with van der Waals surface area (Å²) in [7, 11) is 1.95. The monoisotopic (exact) mass is 264 g/mol. The zero-order valence-corrected chi connectivity index (χ0v) is 11.5. The highest BCUT2D eigenvalue weighted by Crippen LogP contribution is 2.17. The Morgan fingerprint density at radius 2 is 2.06 bits per heavy atom. The van der Waals surface area contributed by atoms with Crippen LogP contribution in [0.25, 0.3) is 0 Å². The molecule has 5 nitrogen and oxygen atoms in total. The van der Waals surface area contributed by atoms with Crippen LogP contribution in [-0.2, 0) is 13.2 Å². The molecule has 0 spiro atoms. The first kappa shape index (κ1) is 12.9. The fourth-order valence-electron chi connectivity index (χ4n) is 1.58. The Morgan fingerprint density at radius 1 is 1.28 bits per heavy atom.